The van der Waals surface area contributed by atoms with Gasteiger partial charge in [-0.2, -0.15) is 0 Å². The van der Waals surface area contributed by atoms with Gasteiger partial charge in [-0.3, -0.25) is 9.78 Å². The molecule has 0 N–H and O–H groups in total. The predicted octanol–water partition coefficient (Wildman–Crippen LogP) is 2.39. The van der Waals surface area contributed by atoms with Crippen LogP contribution in [0.4, 0.5) is 4.39 Å². The molecule has 94 valence electrons. The van der Waals surface area contributed by atoms with E-state index in [0.717, 1.165) is 16.6 Å². The van der Waals surface area contributed by atoms with Crippen molar-refractivity contribution in [1.29, 1.82) is 0 Å². The molecule has 4 heteroatoms. The molecule has 1 heterocycles. The smallest absolute Gasteiger partial charge is 0.222 e. The second-order valence-corrected chi connectivity index (χ2v) is 4.43. The van der Waals surface area contributed by atoms with Gasteiger partial charge in [0.25, 0.3) is 0 Å². The largest absolute Gasteiger partial charge is 0.349 e. The number of aryl methyl sites for hydroxylation is 1. The molecule has 2 rings (SSSR count). The molecule has 2 aromatic rings. The summed E-state index contributed by atoms with van der Waals surface area (Å²) in [4.78, 5) is 17.4. The number of nitrogens with zero attached hydrogens (tertiary/aromatic N) is 2. The average molecular weight is 246 g/mol. The second-order valence-electron chi connectivity index (χ2n) is 4.43. The Labute approximate surface area is 105 Å². The lowest BCUT2D eigenvalue weighted by Gasteiger charge is -2.09. The SMILES string of the molecule is CN(C)C(=O)CCc1ccc2cc(F)ccc2n1. The van der Waals surface area contributed by atoms with Gasteiger partial charge in [0.05, 0.1) is 5.52 Å². The highest BCUT2D eigenvalue weighted by molar-refractivity contribution is 5.79. The van der Waals surface area contributed by atoms with E-state index in [1.54, 1.807) is 25.1 Å². The lowest BCUT2D eigenvalue weighted by atomic mass is 10.1. The van der Waals surface area contributed by atoms with Crippen molar-refractivity contribution in [3.8, 4) is 0 Å². The minimum atomic E-state index is -0.264. The Morgan fingerprint density at radius 1 is 1.28 bits per heavy atom. The van der Waals surface area contributed by atoms with Crippen molar-refractivity contribution < 1.29 is 9.18 Å². The van der Waals surface area contributed by atoms with Crippen LogP contribution in [0.3, 0.4) is 0 Å². The molecule has 0 unspecified atom stereocenters. The van der Waals surface area contributed by atoms with Gasteiger partial charge < -0.3 is 4.90 Å². The van der Waals surface area contributed by atoms with Crippen molar-refractivity contribution in [3.05, 3.63) is 41.8 Å². The van der Waals surface area contributed by atoms with Gasteiger partial charge in [0.2, 0.25) is 5.91 Å². The van der Waals surface area contributed by atoms with Crippen LogP contribution in [0.2, 0.25) is 0 Å². The molecule has 0 radical (unpaired) electrons. The highest BCUT2D eigenvalue weighted by Crippen LogP contribution is 2.15. The fourth-order valence-corrected chi connectivity index (χ4v) is 1.74. The second kappa shape index (κ2) is 5.12. The minimum Gasteiger partial charge on any atom is -0.349 e. The van der Waals surface area contributed by atoms with E-state index >= 15 is 0 Å². The van der Waals surface area contributed by atoms with E-state index < -0.39 is 0 Å². The van der Waals surface area contributed by atoms with Crippen LogP contribution >= 0.6 is 0 Å². The Balaban J connectivity index is 2.15. The van der Waals surface area contributed by atoms with E-state index in [-0.39, 0.29) is 11.7 Å². The first-order valence-corrected chi connectivity index (χ1v) is 5.81. The van der Waals surface area contributed by atoms with Crippen molar-refractivity contribution >= 4 is 16.8 Å². The molecule has 1 aromatic carbocycles. The molecule has 0 fully saturated rings. The fraction of sp³-hybridized carbons (Fsp3) is 0.286. The molecule has 1 amide bonds. The average Bonchev–Trinajstić information content (AvgIpc) is 2.35. The fourth-order valence-electron chi connectivity index (χ4n) is 1.74. The third-order valence-electron chi connectivity index (χ3n) is 2.80. The first-order valence-electron chi connectivity index (χ1n) is 5.81. The number of carbonyl (C=O) groups is 1. The third kappa shape index (κ3) is 2.83. The van der Waals surface area contributed by atoms with Gasteiger partial charge in [-0.1, -0.05) is 6.07 Å². The maximum Gasteiger partial charge on any atom is 0.222 e. The van der Waals surface area contributed by atoms with Crippen LogP contribution in [0.5, 0.6) is 0 Å². The first kappa shape index (κ1) is 12.5. The van der Waals surface area contributed by atoms with E-state index in [1.807, 2.05) is 12.1 Å². The van der Waals surface area contributed by atoms with Crippen LogP contribution in [0.15, 0.2) is 30.3 Å². The molecule has 0 saturated heterocycles. The lowest BCUT2D eigenvalue weighted by Crippen LogP contribution is -2.21. The summed E-state index contributed by atoms with van der Waals surface area (Å²) in [6.45, 7) is 0. The van der Waals surface area contributed by atoms with Crippen molar-refractivity contribution in [2.24, 2.45) is 0 Å². The molecule has 0 bridgehead atoms. The van der Waals surface area contributed by atoms with E-state index in [0.29, 0.717) is 12.8 Å². The molecular formula is C14H15FN2O. The van der Waals surface area contributed by atoms with Gasteiger partial charge in [-0.05, 0) is 30.7 Å². The third-order valence-corrected chi connectivity index (χ3v) is 2.80. The molecular weight excluding hydrogens is 231 g/mol. The summed E-state index contributed by atoms with van der Waals surface area (Å²) in [6, 6.07) is 8.18. The van der Waals surface area contributed by atoms with Crippen LogP contribution in [-0.2, 0) is 11.2 Å². The van der Waals surface area contributed by atoms with Crippen LogP contribution < -0.4 is 0 Å². The summed E-state index contributed by atoms with van der Waals surface area (Å²) in [5.41, 5.74) is 1.61. The normalized spacial score (nSPS) is 10.6. The molecule has 0 aliphatic heterocycles. The van der Waals surface area contributed by atoms with Gasteiger partial charge in [-0.25, -0.2) is 4.39 Å². The van der Waals surface area contributed by atoms with Gasteiger partial charge >= 0.3 is 0 Å². The maximum atomic E-state index is 13.0. The van der Waals surface area contributed by atoms with E-state index in [1.165, 1.54) is 12.1 Å². The predicted molar refractivity (Wildman–Crippen MR) is 68.7 cm³/mol. The molecule has 18 heavy (non-hydrogen) atoms. The monoisotopic (exact) mass is 246 g/mol. The van der Waals surface area contributed by atoms with Crippen molar-refractivity contribution in [1.82, 2.24) is 9.88 Å². The number of hydrogen-bond acceptors (Lipinski definition) is 2. The number of pyridine rings is 1. The number of benzene rings is 1. The van der Waals surface area contributed by atoms with E-state index in [2.05, 4.69) is 4.98 Å². The van der Waals surface area contributed by atoms with Crippen molar-refractivity contribution in [2.75, 3.05) is 14.1 Å². The van der Waals surface area contributed by atoms with Crippen LogP contribution in [0.1, 0.15) is 12.1 Å². The molecule has 0 aliphatic rings. The first-order chi connectivity index (χ1) is 8.56. The zero-order valence-corrected chi connectivity index (χ0v) is 10.5. The number of fused-ring (bicyclic) bond motifs is 1. The summed E-state index contributed by atoms with van der Waals surface area (Å²) in [5.74, 6) is -0.184. The van der Waals surface area contributed by atoms with Crippen LogP contribution in [0, 0.1) is 5.82 Å². The number of amides is 1. The Morgan fingerprint density at radius 2 is 2.06 bits per heavy atom. The molecule has 3 nitrogen and oxygen atoms in total. The highest BCUT2D eigenvalue weighted by Gasteiger charge is 2.06. The summed E-state index contributed by atoms with van der Waals surface area (Å²) in [5, 5.41) is 0.776. The van der Waals surface area contributed by atoms with Gasteiger partial charge in [0.1, 0.15) is 5.82 Å². The molecule has 0 saturated carbocycles. The molecule has 1 aromatic heterocycles. The lowest BCUT2D eigenvalue weighted by molar-refractivity contribution is -0.128. The standard InChI is InChI=1S/C14H15FN2O/c1-17(2)14(18)8-6-12-5-3-10-9-11(15)4-7-13(10)16-12/h3-5,7,9H,6,8H2,1-2H3. The Hall–Kier alpha value is -1.97. The van der Waals surface area contributed by atoms with E-state index in [9.17, 15) is 9.18 Å². The van der Waals surface area contributed by atoms with Gasteiger partial charge in [-0.15, -0.1) is 0 Å². The zero-order valence-electron chi connectivity index (χ0n) is 10.5. The van der Waals surface area contributed by atoms with Crippen molar-refractivity contribution in [3.63, 3.8) is 0 Å². The zero-order chi connectivity index (χ0) is 13.1. The number of aromatic nitrogens is 1. The Bertz CT molecular complexity index is 581. The summed E-state index contributed by atoms with van der Waals surface area (Å²) in [6.07, 6.45) is 1.04. The van der Waals surface area contributed by atoms with Gasteiger partial charge in [0, 0.05) is 31.6 Å². The summed E-state index contributed by atoms with van der Waals surface area (Å²) in [7, 11) is 3.47. The number of rotatable bonds is 3. The highest BCUT2D eigenvalue weighted by atomic mass is 19.1. The Morgan fingerprint density at radius 3 is 2.78 bits per heavy atom. The van der Waals surface area contributed by atoms with Gasteiger partial charge in [0.15, 0.2) is 0 Å². The van der Waals surface area contributed by atoms with E-state index in [4.69, 9.17) is 0 Å². The number of carbonyl (C=O) groups excluding carboxylic acids is 1. The summed E-state index contributed by atoms with van der Waals surface area (Å²) >= 11 is 0. The summed E-state index contributed by atoms with van der Waals surface area (Å²) < 4.78 is 13.0. The Kier molecular flexibility index (Phi) is 3.55. The molecule has 0 atom stereocenters. The van der Waals surface area contributed by atoms with Crippen LogP contribution in [0.25, 0.3) is 10.9 Å². The quantitative estimate of drug-likeness (QED) is 0.833. The molecule has 0 spiro atoms. The van der Waals surface area contributed by atoms with Crippen LogP contribution in [-0.4, -0.2) is 29.9 Å². The van der Waals surface area contributed by atoms with Crippen molar-refractivity contribution in [2.45, 2.75) is 12.8 Å². The topological polar surface area (TPSA) is 33.2 Å². The molecule has 0 aliphatic carbocycles. The number of halogens is 1. The minimum absolute atomic E-state index is 0.0796. The maximum absolute atomic E-state index is 13.0. The number of hydrogen-bond donors (Lipinski definition) is 0.